The number of rotatable bonds is 5. The second-order valence-electron chi connectivity index (χ2n) is 16.0. The molecule has 0 saturated carbocycles. The third kappa shape index (κ3) is 4.91. The Morgan fingerprint density at radius 2 is 0.967 bits per heavy atom. The highest BCUT2D eigenvalue weighted by Gasteiger charge is 2.46. The molecular formula is C57H35N3S. The zero-order chi connectivity index (χ0) is 40.1. The van der Waals surface area contributed by atoms with Crippen molar-refractivity contribution in [2.24, 2.45) is 0 Å². The van der Waals surface area contributed by atoms with Crippen molar-refractivity contribution in [1.82, 2.24) is 14.5 Å². The number of fused-ring (bicyclic) bond motifs is 11. The smallest absolute Gasteiger partial charge is 0.235 e. The molecule has 12 aromatic rings. The van der Waals surface area contributed by atoms with Crippen LogP contribution in [0.3, 0.4) is 0 Å². The maximum atomic E-state index is 5.59. The van der Waals surface area contributed by atoms with Crippen LogP contribution in [0.4, 0.5) is 0 Å². The first-order valence-electron chi connectivity index (χ1n) is 20.8. The summed E-state index contributed by atoms with van der Waals surface area (Å²) in [6, 6.07) is 77.2. The summed E-state index contributed by atoms with van der Waals surface area (Å²) >= 11 is 1.86. The van der Waals surface area contributed by atoms with Gasteiger partial charge in [0.2, 0.25) is 5.95 Å². The molecule has 0 fully saturated rings. The van der Waals surface area contributed by atoms with Crippen LogP contribution in [0.15, 0.2) is 212 Å². The van der Waals surface area contributed by atoms with E-state index in [4.69, 9.17) is 9.97 Å². The Labute approximate surface area is 356 Å². The number of para-hydroxylation sites is 1. The molecule has 0 atom stereocenters. The minimum absolute atomic E-state index is 0.539. The Hall–Kier alpha value is -7.66. The molecule has 0 radical (unpaired) electrons. The molecule has 1 aliphatic carbocycles. The highest BCUT2D eigenvalue weighted by atomic mass is 32.1. The summed E-state index contributed by atoms with van der Waals surface area (Å²) in [6.45, 7) is 0. The van der Waals surface area contributed by atoms with Gasteiger partial charge in [-0.25, -0.2) is 9.97 Å². The molecule has 3 nitrogen and oxygen atoms in total. The van der Waals surface area contributed by atoms with Crippen LogP contribution >= 0.6 is 11.3 Å². The van der Waals surface area contributed by atoms with E-state index in [9.17, 15) is 0 Å². The van der Waals surface area contributed by atoms with Crippen LogP contribution in [0, 0.1) is 0 Å². The third-order valence-corrected chi connectivity index (χ3v) is 14.2. The lowest BCUT2D eigenvalue weighted by molar-refractivity contribution is 0.769. The Morgan fingerprint density at radius 1 is 0.377 bits per heavy atom. The fourth-order valence-corrected chi connectivity index (χ4v) is 11.6. The van der Waals surface area contributed by atoms with E-state index in [1.807, 2.05) is 11.3 Å². The van der Waals surface area contributed by atoms with Crippen molar-refractivity contribution in [1.29, 1.82) is 0 Å². The van der Waals surface area contributed by atoms with Crippen LogP contribution in [-0.4, -0.2) is 14.5 Å². The standard InChI is InChI=1S/C57H35N3S/c1-3-17-37(18-4-1)50-35-51(47-26-15-25-45-46-32-30-36-16-7-8-21-40(36)54(46)61-55(45)47)59-56(58-50)60-52-29-14-11-24-43(52)44-33-31-39(34-53(44)60)57(38-19-5-2-6-20-38)48-27-12-9-22-41(48)42-23-10-13-28-49(42)57/h1-35H. The highest BCUT2D eigenvalue weighted by Crippen LogP contribution is 2.56. The van der Waals surface area contributed by atoms with Crippen LogP contribution in [0.25, 0.3) is 92.3 Å². The average molecular weight is 794 g/mol. The van der Waals surface area contributed by atoms with Crippen molar-refractivity contribution in [2.45, 2.75) is 5.41 Å². The van der Waals surface area contributed by atoms with Crippen LogP contribution in [0.1, 0.15) is 22.3 Å². The Bertz CT molecular complexity index is 3670. The minimum atomic E-state index is -0.539. The molecule has 284 valence electrons. The van der Waals surface area contributed by atoms with Gasteiger partial charge in [0.25, 0.3) is 0 Å². The van der Waals surface area contributed by atoms with Crippen molar-refractivity contribution < 1.29 is 0 Å². The van der Waals surface area contributed by atoms with Crippen molar-refractivity contribution in [2.75, 3.05) is 0 Å². The van der Waals surface area contributed by atoms with Gasteiger partial charge in [-0.3, -0.25) is 4.57 Å². The maximum absolute atomic E-state index is 5.59. The lowest BCUT2D eigenvalue weighted by Gasteiger charge is -2.34. The van der Waals surface area contributed by atoms with E-state index < -0.39 is 5.41 Å². The van der Waals surface area contributed by atoms with Crippen molar-refractivity contribution in [3.05, 3.63) is 235 Å². The molecule has 0 unspecified atom stereocenters. The number of benzene rings is 9. The highest BCUT2D eigenvalue weighted by molar-refractivity contribution is 7.27. The summed E-state index contributed by atoms with van der Waals surface area (Å²) in [7, 11) is 0. The predicted molar refractivity (Wildman–Crippen MR) is 255 cm³/mol. The maximum Gasteiger partial charge on any atom is 0.235 e. The second kappa shape index (κ2) is 13.2. The Balaban J connectivity index is 1.11. The van der Waals surface area contributed by atoms with Gasteiger partial charge in [0.15, 0.2) is 0 Å². The molecule has 0 bridgehead atoms. The molecule has 4 heteroatoms. The molecule has 3 aromatic heterocycles. The SMILES string of the molecule is c1ccc(-c2cc(-c3cccc4c3sc3c5ccccc5ccc43)nc(-n3c4ccccc4c4ccc(C5(c6ccccc6)c6ccccc6-c6ccccc65)cc43)n2)cc1. The van der Waals surface area contributed by atoms with E-state index in [1.54, 1.807) is 0 Å². The summed E-state index contributed by atoms with van der Waals surface area (Å²) in [6.07, 6.45) is 0. The van der Waals surface area contributed by atoms with Crippen LogP contribution in [0.2, 0.25) is 0 Å². The van der Waals surface area contributed by atoms with E-state index in [-0.39, 0.29) is 0 Å². The van der Waals surface area contributed by atoms with Gasteiger partial charge < -0.3 is 0 Å². The van der Waals surface area contributed by atoms with E-state index in [0.717, 1.165) is 38.9 Å². The van der Waals surface area contributed by atoms with Gasteiger partial charge in [-0.2, -0.15) is 0 Å². The molecule has 13 rings (SSSR count). The fourth-order valence-electron chi connectivity index (χ4n) is 10.3. The first-order valence-corrected chi connectivity index (χ1v) is 21.6. The molecule has 0 spiro atoms. The third-order valence-electron chi connectivity index (χ3n) is 12.9. The van der Waals surface area contributed by atoms with Gasteiger partial charge in [0.1, 0.15) is 0 Å². The average Bonchev–Trinajstić information content (AvgIpc) is 3.99. The fraction of sp³-hybridized carbons (Fsp3) is 0.0175. The lowest BCUT2D eigenvalue weighted by Crippen LogP contribution is -2.28. The molecule has 0 aliphatic heterocycles. The zero-order valence-electron chi connectivity index (χ0n) is 33.0. The van der Waals surface area contributed by atoms with Gasteiger partial charge in [0, 0.05) is 42.1 Å². The van der Waals surface area contributed by atoms with Crippen molar-refractivity contribution in [3.8, 4) is 39.6 Å². The van der Waals surface area contributed by atoms with Crippen molar-refractivity contribution >= 4 is 64.1 Å². The molecule has 0 N–H and O–H groups in total. The molecule has 0 saturated heterocycles. The Morgan fingerprint density at radius 3 is 1.77 bits per heavy atom. The first-order chi connectivity index (χ1) is 30.3. The van der Waals surface area contributed by atoms with E-state index in [2.05, 4.69) is 217 Å². The summed E-state index contributed by atoms with van der Waals surface area (Å²) in [5.74, 6) is 0.643. The number of nitrogens with zero attached hydrogens (tertiary/aromatic N) is 3. The van der Waals surface area contributed by atoms with Gasteiger partial charge >= 0.3 is 0 Å². The topological polar surface area (TPSA) is 30.7 Å². The molecule has 61 heavy (non-hydrogen) atoms. The molecule has 3 heterocycles. The van der Waals surface area contributed by atoms with E-state index in [0.29, 0.717) is 5.95 Å². The van der Waals surface area contributed by atoms with Gasteiger partial charge in [-0.15, -0.1) is 11.3 Å². The summed E-state index contributed by atoms with van der Waals surface area (Å²) in [5.41, 5.74) is 13.1. The predicted octanol–water partition coefficient (Wildman–Crippen LogP) is 14.8. The normalized spacial score (nSPS) is 13.0. The molecule has 9 aromatic carbocycles. The summed E-state index contributed by atoms with van der Waals surface area (Å²) in [4.78, 5) is 11.1. The van der Waals surface area contributed by atoms with E-state index >= 15 is 0 Å². The number of hydrogen-bond acceptors (Lipinski definition) is 3. The van der Waals surface area contributed by atoms with Crippen molar-refractivity contribution in [3.63, 3.8) is 0 Å². The number of thiophene rings is 1. The van der Waals surface area contributed by atoms with Crippen LogP contribution < -0.4 is 0 Å². The lowest BCUT2D eigenvalue weighted by atomic mass is 9.67. The molecular weight excluding hydrogens is 759 g/mol. The monoisotopic (exact) mass is 793 g/mol. The minimum Gasteiger partial charge on any atom is -0.278 e. The quantitative estimate of drug-likeness (QED) is 0.174. The van der Waals surface area contributed by atoms with Crippen LogP contribution in [0.5, 0.6) is 0 Å². The summed E-state index contributed by atoms with van der Waals surface area (Å²) < 4.78 is 4.83. The Kier molecular flexibility index (Phi) is 7.39. The van der Waals surface area contributed by atoms with Gasteiger partial charge in [-0.05, 0) is 62.4 Å². The van der Waals surface area contributed by atoms with Gasteiger partial charge in [0.05, 0.1) is 27.8 Å². The summed E-state index contributed by atoms with van der Waals surface area (Å²) in [5, 5.41) is 7.38. The second-order valence-corrected chi connectivity index (χ2v) is 17.1. The van der Waals surface area contributed by atoms with Gasteiger partial charge in [-0.1, -0.05) is 194 Å². The first kappa shape index (κ1) is 34.2. The number of aromatic nitrogens is 3. The zero-order valence-corrected chi connectivity index (χ0v) is 33.8. The molecule has 0 amide bonds. The van der Waals surface area contributed by atoms with E-state index in [1.165, 1.54) is 69.7 Å². The number of hydrogen-bond donors (Lipinski definition) is 0. The largest absolute Gasteiger partial charge is 0.278 e. The van der Waals surface area contributed by atoms with Crippen LogP contribution in [-0.2, 0) is 5.41 Å². The molecule has 1 aliphatic rings.